The third-order valence-electron chi connectivity index (χ3n) is 1.02. The van der Waals surface area contributed by atoms with Crippen LogP contribution in [0.4, 0.5) is 0 Å². The molecule has 0 heterocycles. The van der Waals surface area contributed by atoms with Crippen molar-refractivity contribution in [2.75, 3.05) is 6.54 Å². The van der Waals surface area contributed by atoms with E-state index in [2.05, 4.69) is 5.32 Å². The van der Waals surface area contributed by atoms with Gasteiger partial charge in [-0.25, -0.2) is 0 Å². The zero-order valence-corrected chi connectivity index (χ0v) is 7.44. The lowest BCUT2D eigenvalue weighted by atomic mass is 10.1. The molecule has 0 radical (unpaired) electrons. The fourth-order valence-electron chi connectivity index (χ4n) is 0.611. The molecule has 4 heteroatoms. The van der Waals surface area contributed by atoms with Gasteiger partial charge < -0.3 is 5.32 Å². The van der Waals surface area contributed by atoms with E-state index in [0.29, 0.717) is 12.3 Å². The van der Waals surface area contributed by atoms with Crippen LogP contribution in [0.15, 0.2) is 0 Å². The molecule has 0 spiro atoms. The summed E-state index contributed by atoms with van der Waals surface area (Å²) in [5, 5.41) is 1.85. The molecule has 0 atom stereocenters. The summed E-state index contributed by atoms with van der Waals surface area (Å²) < 4.78 is 0. The molecule has 0 aromatic heterocycles. The van der Waals surface area contributed by atoms with Crippen LogP contribution in [0.1, 0.15) is 20.3 Å². The predicted molar refractivity (Wildman–Crippen MR) is 43.3 cm³/mol. The van der Waals surface area contributed by atoms with Crippen molar-refractivity contribution in [1.29, 1.82) is 0 Å². The molecule has 1 N–H and O–H groups in total. The topological polar surface area (TPSA) is 46.2 Å². The number of carbonyl (C=O) groups excluding carboxylic acids is 2. The first kappa shape index (κ1) is 10.4. The second-order valence-corrected chi connectivity index (χ2v) is 3.15. The summed E-state index contributed by atoms with van der Waals surface area (Å²) in [6, 6.07) is 0. The van der Waals surface area contributed by atoms with Crippen LogP contribution in [0.2, 0.25) is 0 Å². The smallest absolute Gasteiger partial charge is 0.240 e. The summed E-state index contributed by atoms with van der Waals surface area (Å²) in [6.45, 7) is 3.79. The van der Waals surface area contributed by atoms with Crippen LogP contribution in [0, 0.1) is 5.92 Å². The maximum absolute atomic E-state index is 10.8. The third-order valence-corrected chi connectivity index (χ3v) is 1.15. The average Bonchev–Trinajstić information content (AvgIpc) is 1.82. The van der Waals surface area contributed by atoms with E-state index in [4.69, 9.17) is 11.6 Å². The minimum Gasteiger partial charge on any atom is -0.348 e. The molecule has 0 aliphatic rings. The van der Waals surface area contributed by atoms with Crippen molar-refractivity contribution in [3.05, 3.63) is 0 Å². The van der Waals surface area contributed by atoms with Gasteiger partial charge in [0, 0.05) is 6.42 Å². The van der Waals surface area contributed by atoms with Crippen molar-refractivity contribution in [2.45, 2.75) is 20.3 Å². The van der Waals surface area contributed by atoms with Crippen LogP contribution in [0.5, 0.6) is 0 Å². The zero-order chi connectivity index (χ0) is 8.85. The summed E-state index contributed by atoms with van der Waals surface area (Å²) in [5.41, 5.74) is 0. The largest absolute Gasteiger partial charge is 0.348 e. The maximum Gasteiger partial charge on any atom is 0.240 e. The molecule has 0 bridgehead atoms. The second kappa shape index (κ2) is 5.13. The van der Waals surface area contributed by atoms with E-state index in [1.165, 1.54) is 0 Å². The SMILES string of the molecule is CC(C)CC(=O)NCC(=O)Cl. The highest BCUT2D eigenvalue weighted by Gasteiger charge is 2.04. The Morgan fingerprint density at radius 1 is 1.45 bits per heavy atom. The molecular weight excluding hydrogens is 166 g/mol. The highest BCUT2D eigenvalue weighted by Crippen LogP contribution is 1.97. The Balaban J connectivity index is 3.45. The molecule has 0 aliphatic heterocycles. The van der Waals surface area contributed by atoms with Gasteiger partial charge in [0.15, 0.2) is 0 Å². The summed E-state index contributed by atoms with van der Waals surface area (Å²) in [6.07, 6.45) is 0.435. The van der Waals surface area contributed by atoms with Crippen LogP contribution in [-0.4, -0.2) is 17.7 Å². The quantitative estimate of drug-likeness (QED) is 0.649. The number of amides is 1. The first-order valence-electron chi connectivity index (χ1n) is 3.47. The van der Waals surface area contributed by atoms with Crippen molar-refractivity contribution in [2.24, 2.45) is 5.92 Å². The highest BCUT2D eigenvalue weighted by atomic mass is 35.5. The third kappa shape index (κ3) is 7.33. The van der Waals surface area contributed by atoms with E-state index in [-0.39, 0.29) is 12.5 Å². The van der Waals surface area contributed by atoms with E-state index in [9.17, 15) is 9.59 Å². The standard InChI is InChI=1S/C7H12ClNO2/c1-5(2)3-7(11)9-4-6(8)10/h5H,3-4H2,1-2H3,(H,9,11). The van der Waals surface area contributed by atoms with Gasteiger partial charge in [-0.3, -0.25) is 9.59 Å². The predicted octanol–water partition coefficient (Wildman–Crippen LogP) is 0.914. The van der Waals surface area contributed by atoms with Crippen molar-refractivity contribution in [3.63, 3.8) is 0 Å². The molecule has 0 rings (SSSR count). The lowest BCUT2D eigenvalue weighted by Crippen LogP contribution is -2.28. The first-order valence-corrected chi connectivity index (χ1v) is 3.85. The van der Waals surface area contributed by atoms with Crippen molar-refractivity contribution in [1.82, 2.24) is 5.32 Å². The van der Waals surface area contributed by atoms with Crippen molar-refractivity contribution >= 4 is 22.8 Å². The van der Waals surface area contributed by atoms with Crippen LogP contribution < -0.4 is 5.32 Å². The number of carbonyl (C=O) groups is 2. The van der Waals surface area contributed by atoms with Gasteiger partial charge in [-0.2, -0.15) is 0 Å². The summed E-state index contributed by atoms with van der Waals surface area (Å²) in [4.78, 5) is 21.0. The fraction of sp³-hybridized carbons (Fsp3) is 0.714. The molecule has 1 amide bonds. The lowest BCUT2D eigenvalue weighted by molar-refractivity contribution is -0.123. The van der Waals surface area contributed by atoms with Crippen LogP contribution >= 0.6 is 11.6 Å². The highest BCUT2D eigenvalue weighted by molar-refractivity contribution is 6.64. The van der Waals surface area contributed by atoms with Gasteiger partial charge in [0.1, 0.15) is 0 Å². The van der Waals surface area contributed by atoms with Gasteiger partial charge in [-0.05, 0) is 17.5 Å². The molecule has 3 nitrogen and oxygen atoms in total. The zero-order valence-electron chi connectivity index (χ0n) is 6.69. The van der Waals surface area contributed by atoms with Gasteiger partial charge in [-0.15, -0.1) is 0 Å². The van der Waals surface area contributed by atoms with E-state index >= 15 is 0 Å². The van der Waals surface area contributed by atoms with Gasteiger partial charge in [0.2, 0.25) is 11.1 Å². The molecule has 11 heavy (non-hydrogen) atoms. The average molecular weight is 178 g/mol. The Morgan fingerprint density at radius 2 is 2.00 bits per heavy atom. The van der Waals surface area contributed by atoms with E-state index in [0.717, 1.165) is 0 Å². The number of hydrogen-bond donors (Lipinski definition) is 1. The number of nitrogens with one attached hydrogen (secondary N) is 1. The molecular formula is C7H12ClNO2. The van der Waals surface area contributed by atoms with E-state index in [1.807, 2.05) is 13.8 Å². The number of hydrogen-bond acceptors (Lipinski definition) is 2. The van der Waals surface area contributed by atoms with Crippen LogP contribution in [0.3, 0.4) is 0 Å². The molecule has 0 aromatic rings. The second-order valence-electron chi connectivity index (χ2n) is 2.73. The van der Waals surface area contributed by atoms with Gasteiger partial charge >= 0.3 is 0 Å². The Bertz CT molecular complexity index is 157. The Kier molecular flexibility index (Phi) is 4.86. The Labute approximate surface area is 71.1 Å². The molecule has 0 unspecified atom stereocenters. The molecule has 0 saturated carbocycles. The number of halogens is 1. The molecule has 64 valence electrons. The first-order chi connectivity index (χ1) is 5.02. The monoisotopic (exact) mass is 177 g/mol. The minimum absolute atomic E-state index is 0.0763. The maximum atomic E-state index is 10.8. The van der Waals surface area contributed by atoms with Gasteiger partial charge in [-0.1, -0.05) is 13.8 Å². The van der Waals surface area contributed by atoms with E-state index < -0.39 is 5.24 Å². The van der Waals surface area contributed by atoms with Crippen molar-refractivity contribution in [3.8, 4) is 0 Å². The molecule has 0 aliphatic carbocycles. The summed E-state index contributed by atoms with van der Waals surface area (Å²) in [5.74, 6) is 0.175. The van der Waals surface area contributed by atoms with Gasteiger partial charge in [0.05, 0.1) is 6.54 Å². The van der Waals surface area contributed by atoms with Crippen LogP contribution in [-0.2, 0) is 9.59 Å². The van der Waals surface area contributed by atoms with E-state index in [1.54, 1.807) is 0 Å². The molecule has 0 aromatic carbocycles. The number of rotatable bonds is 4. The fourth-order valence-corrected chi connectivity index (χ4v) is 0.678. The van der Waals surface area contributed by atoms with Gasteiger partial charge in [0.25, 0.3) is 0 Å². The molecule has 0 fully saturated rings. The summed E-state index contributed by atoms with van der Waals surface area (Å²) in [7, 11) is 0. The molecule has 0 saturated heterocycles. The Morgan fingerprint density at radius 3 is 2.36 bits per heavy atom. The van der Waals surface area contributed by atoms with Crippen LogP contribution in [0.25, 0.3) is 0 Å². The minimum atomic E-state index is -0.540. The van der Waals surface area contributed by atoms with Crippen molar-refractivity contribution < 1.29 is 9.59 Å². The Hall–Kier alpha value is -0.570. The normalized spacial score (nSPS) is 9.82. The lowest BCUT2D eigenvalue weighted by Gasteiger charge is -2.03. The summed E-state index contributed by atoms with van der Waals surface area (Å²) >= 11 is 5.00.